The number of methoxy groups -OCH3 is 1. The van der Waals surface area contributed by atoms with Crippen LogP contribution in [-0.4, -0.2) is 19.7 Å². The van der Waals surface area contributed by atoms with E-state index in [0.29, 0.717) is 12.1 Å². The third-order valence-corrected chi connectivity index (χ3v) is 5.88. The maximum absolute atomic E-state index is 6.04. The Morgan fingerprint density at radius 1 is 1.00 bits per heavy atom. The first-order valence-electron chi connectivity index (χ1n) is 10.2. The van der Waals surface area contributed by atoms with Gasteiger partial charge in [-0.05, 0) is 60.3 Å². The van der Waals surface area contributed by atoms with Gasteiger partial charge in [-0.25, -0.2) is 0 Å². The smallest absolute Gasteiger partial charge is 0.123 e. The van der Waals surface area contributed by atoms with E-state index in [1.54, 1.807) is 7.11 Å². The molecule has 4 heteroatoms. The van der Waals surface area contributed by atoms with Crippen molar-refractivity contribution >= 4 is 11.6 Å². The Kier molecular flexibility index (Phi) is 6.50. The van der Waals surface area contributed by atoms with E-state index >= 15 is 0 Å². The Balaban J connectivity index is 1.53. The largest absolute Gasteiger partial charge is 0.496 e. The Labute approximate surface area is 178 Å². The minimum atomic E-state index is 0.329. The summed E-state index contributed by atoms with van der Waals surface area (Å²) in [7, 11) is 1.73. The van der Waals surface area contributed by atoms with E-state index in [-0.39, 0.29) is 0 Å². The summed E-state index contributed by atoms with van der Waals surface area (Å²) in [5.41, 5.74) is 4.82. The van der Waals surface area contributed by atoms with Crippen LogP contribution in [0.2, 0.25) is 5.02 Å². The summed E-state index contributed by atoms with van der Waals surface area (Å²) in [5, 5.41) is 8.22. The molecule has 4 rings (SSSR count). The molecule has 1 saturated heterocycles. The molecule has 0 unspecified atom stereocenters. The van der Waals surface area contributed by atoms with Gasteiger partial charge in [-0.3, -0.25) is 0 Å². The lowest BCUT2D eigenvalue weighted by atomic mass is 9.92. The summed E-state index contributed by atoms with van der Waals surface area (Å²) in [5.74, 6) is 0.912. The number of ether oxygens (including phenoxy) is 1. The van der Waals surface area contributed by atoms with Crippen molar-refractivity contribution in [3.8, 4) is 16.9 Å². The lowest BCUT2D eigenvalue weighted by Crippen LogP contribution is -2.45. The normalized spacial score (nSPS) is 19.1. The standard InChI is InChI=1S/C25H27ClN2O/c1-29-24-14-11-20(18-9-12-22(26)13-10-18)16-21(24)17-28-23-8-5-15-27-25(23)19-6-3-2-4-7-19/h2-4,6-7,9-14,16,23,25,27-28H,5,8,15,17H2,1H3/t23-,25-/m0/s1. The summed E-state index contributed by atoms with van der Waals surface area (Å²) >= 11 is 6.04. The number of rotatable bonds is 6. The highest BCUT2D eigenvalue weighted by molar-refractivity contribution is 6.30. The van der Waals surface area contributed by atoms with Crippen LogP contribution in [0.4, 0.5) is 0 Å². The molecule has 150 valence electrons. The molecule has 3 aromatic carbocycles. The van der Waals surface area contributed by atoms with Gasteiger partial charge in [0.15, 0.2) is 0 Å². The van der Waals surface area contributed by atoms with Crippen molar-refractivity contribution in [2.45, 2.75) is 31.5 Å². The number of nitrogens with one attached hydrogen (secondary N) is 2. The molecule has 3 nitrogen and oxygen atoms in total. The zero-order chi connectivity index (χ0) is 20.1. The summed E-state index contributed by atoms with van der Waals surface area (Å²) in [6, 6.07) is 25.7. The van der Waals surface area contributed by atoms with Crippen molar-refractivity contribution in [3.63, 3.8) is 0 Å². The van der Waals surface area contributed by atoms with Crippen LogP contribution in [-0.2, 0) is 6.54 Å². The van der Waals surface area contributed by atoms with Crippen LogP contribution >= 0.6 is 11.6 Å². The van der Waals surface area contributed by atoms with Crippen LogP contribution in [0.3, 0.4) is 0 Å². The van der Waals surface area contributed by atoms with Crippen LogP contribution in [0.25, 0.3) is 11.1 Å². The number of halogens is 1. The monoisotopic (exact) mass is 406 g/mol. The lowest BCUT2D eigenvalue weighted by Gasteiger charge is -2.34. The molecule has 2 atom stereocenters. The van der Waals surface area contributed by atoms with Crippen molar-refractivity contribution in [3.05, 3.63) is 88.9 Å². The quantitative estimate of drug-likeness (QED) is 0.559. The first kappa shape index (κ1) is 20.0. The van der Waals surface area contributed by atoms with Crippen LogP contribution in [0, 0.1) is 0 Å². The minimum Gasteiger partial charge on any atom is -0.496 e. The van der Waals surface area contributed by atoms with Crippen molar-refractivity contribution in [1.29, 1.82) is 0 Å². The highest BCUT2D eigenvalue weighted by atomic mass is 35.5. The predicted molar refractivity (Wildman–Crippen MR) is 120 cm³/mol. The van der Waals surface area contributed by atoms with Crippen LogP contribution < -0.4 is 15.4 Å². The fourth-order valence-corrected chi connectivity index (χ4v) is 4.22. The summed E-state index contributed by atoms with van der Waals surface area (Å²) in [4.78, 5) is 0. The molecule has 0 aliphatic carbocycles. The maximum Gasteiger partial charge on any atom is 0.123 e. The molecule has 1 aliphatic rings. The van der Waals surface area contributed by atoms with Crippen LogP contribution in [0.15, 0.2) is 72.8 Å². The molecule has 0 aromatic heterocycles. The van der Waals surface area contributed by atoms with E-state index in [2.05, 4.69) is 71.3 Å². The molecule has 1 aliphatic heterocycles. The van der Waals surface area contributed by atoms with Gasteiger partial charge in [0.05, 0.1) is 7.11 Å². The zero-order valence-electron chi connectivity index (χ0n) is 16.7. The molecule has 0 bridgehead atoms. The van der Waals surface area contributed by atoms with Gasteiger partial charge in [0.25, 0.3) is 0 Å². The average molecular weight is 407 g/mol. The molecule has 1 heterocycles. The SMILES string of the molecule is COc1ccc(-c2ccc(Cl)cc2)cc1CN[C@H]1CCCN[C@H]1c1ccccc1. The summed E-state index contributed by atoms with van der Waals surface area (Å²) < 4.78 is 5.63. The van der Waals surface area contributed by atoms with Crippen LogP contribution in [0.5, 0.6) is 5.75 Å². The van der Waals surface area contributed by atoms with Gasteiger partial charge >= 0.3 is 0 Å². The van der Waals surface area contributed by atoms with Crippen molar-refractivity contribution < 1.29 is 4.74 Å². The molecular formula is C25H27ClN2O. The first-order chi connectivity index (χ1) is 14.2. The molecule has 0 saturated carbocycles. The second kappa shape index (κ2) is 9.45. The number of piperidine rings is 1. The van der Waals surface area contributed by atoms with Crippen molar-refractivity contribution in [1.82, 2.24) is 10.6 Å². The van der Waals surface area contributed by atoms with E-state index in [0.717, 1.165) is 41.4 Å². The topological polar surface area (TPSA) is 33.3 Å². The lowest BCUT2D eigenvalue weighted by molar-refractivity contribution is 0.303. The van der Waals surface area contributed by atoms with Gasteiger partial charge in [0.2, 0.25) is 0 Å². The van der Waals surface area contributed by atoms with Gasteiger partial charge in [0, 0.05) is 29.2 Å². The maximum atomic E-state index is 6.04. The molecule has 0 radical (unpaired) electrons. The first-order valence-corrected chi connectivity index (χ1v) is 10.6. The summed E-state index contributed by atoms with van der Waals surface area (Å²) in [6.45, 7) is 1.83. The fourth-order valence-electron chi connectivity index (χ4n) is 4.10. The van der Waals surface area contributed by atoms with Gasteiger partial charge in [-0.2, -0.15) is 0 Å². The van der Waals surface area contributed by atoms with E-state index < -0.39 is 0 Å². The van der Waals surface area contributed by atoms with Gasteiger partial charge in [0.1, 0.15) is 5.75 Å². The highest BCUT2D eigenvalue weighted by Gasteiger charge is 2.25. The van der Waals surface area contributed by atoms with Crippen LogP contribution in [0.1, 0.15) is 30.0 Å². The molecule has 2 N–H and O–H groups in total. The van der Waals surface area contributed by atoms with Gasteiger partial charge in [-0.15, -0.1) is 0 Å². The highest BCUT2D eigenvalue weighted by Crippen LogP contribution is 2.29. The molecule has 1 fully saturated rings. The second-order valence-corrected chi connectivity index (χ2v) is 7.94. The number of hydrogen-bond acceptors (Lipinski definition) is 3. The third kappa shape index (κ3) is 4.81. The number of hydrogen-bond donors (Lipinski definition) is 2. The molecule has 29 heavy (non-hydrogen) atoms. The average Bonchev–Trinajstić information content (AvgIpc) is 2.79. The Bertz CT molecular complexity index is 927. The van der Waals surface area contributed by atoms with Crippen molar-refractivity contribution in [2.24, 2.45) is 0 Å². The predicted octanol–water partition coefficient (Wildman–Crippen LogP) is 5.60. The third-order valence-electron chi connectivity index (χ3n) is 5.63. The minimum absolute atomic E-state index is 0.329. The Hall–Kier alpha value is -2.33. The van der Waals surface area contributed by atoms with Gasteiger partial charge in [-0.1, -0.05) is 60.1 Å². The second-order valence-electron chi connectivity index (χ2n) is 7.51. The summed E-state index contributed by atoms with van der Waals surface area (Å²) in [6.07, 6.45) is 2.34. The van der Waals surface area contributed by atoms with Gasteiger partial charge < -0.3 is 15.4 Å². The molecule has 3 aromatic rings. The fraction of sp³-hybridized carbons (Fsp3) is 0.280. The van der Waals surface area contributed by atoms with E-state index in [1.807, 2.05) is 12.1 Å². The zero-order valence-corrected chi connectivity index (χ0v) is 17.5. The molecular weight excluding hydrogens is 380 g/mol. The number of benzene rings is 3. The van der Waals surface area contributed by atoms with E-state index in [1.165, 1.54) is 17.5 Å². The Morgan fingerprint density at radius 2 is 1.76 bits per heavy atom. The molecule has 0 amide bonds. The Morgan fingerprint density at radius 3 is 2.52 bits per heavy atom. The van der Waals surface area contributed by atoms with E-state index in [9.17, 15) is 0 Å². The van der Waals surface area contributed by atoms with E-state index in [4.69, 9.17) is 16.3 Å². The van der Waals surface area contributed by atoms with Crippen molar-refractivity contribution in [2.75, 3.05) is 13.7 Å². The molecule has 0 spiro atoms.